The molecule has 1 amide bonds. The molecule has 11 heteroatoms. The van der Waals surface area contributed by atoms with E-state index in [1.165, 1.54) is 41.5 Å². The lowest BCUT2D eigenvalue weighted by Crippen LogP contribution is -2.17. The van der Waals surface area contributed by atoms with Gasteiger partial charge in [-0.1, -0.05) is 36.2 Å². The number of anilines is 1. The fourth-order valence-corrected chi connectivity index (χ4v) is 7.07. The Balaban J connectivity index is 1.45. The average Bonchev–Trinajstić information content (AvgIpc) is 3.46. The molecule has 1 aliphatic carbocycles. The van der Waals surface area contributed by atoms with Crippen LogP contribution in [0.5, 0.6) is 5.75 Å². The molecule has 1 aromatic carbocycles. The number of aromatic nitrogens is 3. The Kier molecular flexibility index (Phi) is 9.96. The van der Waals surface area contributed by atoms with Crippen molar-refractivity contribution in [3.05, 3.63) is 50.1 Å². The number of ether oxygens (including phenoxy) is 2. The molecule has 0 fully saturated rings. The highest BCUT2D eigenvalue weighted by Crippen LogP contribution is 2.38. The highest BCUT2D eigenvalue weighted by Gasteiger charge is 2.26. The molecule has 0 saturated heterocycles. The first kappa shape index (κ1) is 29.4. The molecule has 1 unspecified atom stereocenters. The molecule has 1 N–H and O–H groups in total. The molecule has 210 valence electrons. The number of nitrogens with zero attached hydrogens (tertiary/aromatic N) is 3. The fourth-order valence-electron chi connectivity index (χ4n) is 4.85. The lowest BCUT2D eigenvalue weighted by molar-refractivity contribution is -0.113. The smallest absolute Gasteiger partial charge is 0.341 e. The van der Waals surface area contributed by atoms with Crippen LogP contribution < -0.4 is 10.1 Å². The zero-order valence-corrected chi connectivity index (χ0v) is 25.4. The second kappa shape index (κ2) is 13.2. The number of amides is 1. The predicted molar refractivity (Wildman–Crippen MR) is 157 cm³/mol. The highest BCUT2D eigenvalue weighted by molar-refractivity contribution is 7.99. The largest absolute Gasteiger partial charge is 0.483 e. The van der Waals surface area contributed by atoms with Crippen LogP contribution in [0.15, 0.2) is 17.3 Å². The molecule has 1 aliphatic rings. The SMILES string of the molecule is CCn1c(SCC(=O)Nc2sc3c(c2C(=O)OC)CCCCCC3)nnc1C(C)Oc1cc(C)c(Cl)c(C)c1. The molecule has 0 spiro atoms. The normalized spacial score (nSPS) is 14.2. The van der Waals surface area contributed by atoms with Crippen LogP contribution in [0.3, 0.4) is 0 Å². The van der Waals surface area contributed by atoms with E-state index in [9.17, 15) is 9.59 Å². The summed E-state index contributed by atoms with van der Waals surface area (Å²) >= 11 is 9.10. The van der Waals surface area contributed by atoms with E-state index < -0.39 is 5.97 Å². The van der Waals surface area contributed by atoms with Gasteiger partial charge in [-0.15, -0.1) is 21.5 Å². The second-order valence-corrected chi connectivity index (χ2v) is 12.1. The number of hydrogen-bond acceptors (Lipinski definition) is 8. The van der Waals surface area contributed by atoms with E-state index in [-0.39, 0.29) is 17.8 Å². The van der Waals surface area contributed by atoms with Crippen molar-refractivity contribution in [3.63, 3.8) is 0 Å². The molecular formula is C28H35ClN4O4S2. The number of carbonyl (C=O) groups is 2. The summed E-state index contributed by atoms with van der Waals surface area (Å²) in [5, 5.41) is 13.6. The number of rotatable bonds is 9. The van der Waals surface area contributed by atoms with Crippen LogP contribution in [0.2, 0.25) is 5.02 Å². The van der Waals surface area contributed by atoms with Gasteiger partial charge in [-0.05, 0) is 82.2 Å². The summed E-state index contributed by atoms with van der Waals surface area (Å²) in [5.74, 6) is 0.922. The van der Waals surface area contributed by atoms with Crippen molar-refractivity contribution >= 4 is 51.6 Å². The highest BCUT2D eigenvalue weighted by atomic mass is 35.5. The number of benzene rings is 1. The van der Waals surface area contributed by atoms with Crippen LogP contribution in [-0.2, 0) is 28.9 Å². The number of methoxy groups -OCH3 is 1. The zero-order chi connectivity index (χ0) is 28.1. The van der Waals surface area contributed by atoms with Crippen molar-refractivity contribution in [1.29, 1.82) is 0 Å². The number of thiophene rings is 1. The van der Waals surface area contributed by atoms with E-state index in [1.807, 2.05) is 44.4 Å². The minimum Gasteiger partial charge on any atom is -0.483 e. The first-order chi connectivity index (χ1) is 18.7. The van der Waals surface area contributed by atoms with Crippen LogP contribution in [0.4, 0.5) is 5.00 Å². The molecule has 2 heterocycles. The van der Waals surface area contributed by atoms with Gasteiger partial charge in [0.05, 0.1) is 18.4 Å². The number of esters is 1. The van der Waals surface area contributed by atoms with Crippen LogP contribution in [0, 0.1) is 13.8 Å². The van der Waals surface area contributed by atoms with Gasteiger partial charge in [0.25, 0.3) is 0 Å². The van der Waals surface area contributed by atoms with Gasteiger partial charge < -0.3 is 19.4 Å². The topological polar surface area (TPSA) is 95.3 Å². The summed E-state index contributed by atoms with van der Waals surface area (Å²) in [7, 11) is 1.38. The van der Waals surface area contributed by atoms with Crippen molar-refractivity contribution < 1.29 is 19.1 Å². The number of aryl methyl sites for hydroxylation is 3. The van der Waals surface area contributed by atoms with Crippen LogP contribution >= 0.6 is 34.7 Å². The van der Waals surface area contributed by atoms with Gasteiger partial charge in [-0.25, -0.2) is 4.79 Å². The van der Waals surface area contributed by atoms with Crippen molar-refractivity contribution in [3.8, 4) is 5.75 Å². The molecule has 8 nitrogen and oxygen atoms in total. The lowest BCUT2D eigenvalue weighted by Gasteiger charge is -2.17. The third-order valence-electron chi connectivity index (χ3n) is 6.79. The van der Waals surface area contributed by atoms with Crippen molar-refractivity contribution in [1.82, 2.24) is 14.8 Å². The van der Waals surface area contributed by atoms with E-state index in [1.54, 1.807) is 0 Å². The van der Waals surface area contributed by atoms with Crippen LogP contribution in [-0.4, -0.2) is 39.5 Å². The third-order valence-corrected chi connectivity index (χ3v) is 9.56. The molecule has 2 aromatic heterocycles. The fraction of sp³-hybridized carbons (Fsp3) is 0.500. The number of halogens is 1. The molecule has 0 radical (unpaired) electrons. The van der Waals surface area contributed by atoms with E-state index in [0.717, 1.165) is 53.8 Å². The Morgan fingerprint density at radius 3 is 2.51 bits per heavy atom. The van der Waals surface area contributed by atoms with Gasteiger partial charge >= 0.3 is 5.97 Å². The maximum Gasteiger partial charge on any atom is 0.341 e. The minimum absolute atomic E-state index is 0.131. The van der Waals surface area contributed by atoms with Gasteiger partial charge in [0.1, 0.15) is 10.8 Å². The summed E-state index contributed by atoms with van der Waals surface area (Å²) < 4.78 is 13.2. The molecule has 3 aromatic rings. The lowest BCUT2D eigenvalue weighted by atomic mass is 9.96. The monoisotopic (exact) mass is 590 g/mol. The Labute approximate surface area is 242 Å². The number of carbonyl (C=O) groups excluding carboxylic acids is 2. The molecule has 4 rings (SSSR count). The van der Waals surface area contributed by atoms with Gasteiger partial charge in [0.2, 0.25) is 5.91 Å². The molecule has 0 saturated carbocycles. The summed E-state index contributed by atoms with van der Waals surface area (Å²) in [6.07, 6.45) is 5.86. The van der Waals surface area contributed by atoms with Crippen LogP contribution in [0.25, 0.3) is 0 Å². The Bertz CT molecular complexity index is 1330. The van der Waals surface area contributed by atoms with Gasteiger partial charge in [0.15, 0.2) is 17.1 Å². The second-order valence-electron chi connectivity index (χ2n) is 9.67. The molecule has 39 heavy (non-hydrogen) atoms. The van der Waals surface area contributed by atoms with E-state index >= 15 is 0 Å². The number of nitrogens with one attached hydrogen (secondary N) is 1. The van der Waals surface area contributed by atoms with Crippen molar-refractivity contribution in [2.45, 2.75) is 84.0 Å². The summed E-state index contributed by atoms with van der Waals surface area (Å²) in [4.78, 5) is 26.8. The quantitative estimate of drug-likeness (QED) is 0.213. The zero-order valence-electron chi connectivity index (χ0n) is 23.1. The van der Waals surface area contributed by atoms with E-state index in [2.05, 4.69) is 15.5 Å². The minimum atomic E-state index is -0.397. The first-order valence-corrected chi connectivity index (χ1v) is 15.4. The maximum absolute atomic E-state index is 13.0. The Morgan fingerprint density at radius 2 is 1.85 bits per heavy atom. The van der Waals surface area contributed by atoms with Gasteiger partial charge in [-0.2, -0.15) is 0 Å². The van der Waals surface area contributed by atoms with Crippen LogP contribution in [0.1, 0.15) is 83.4 Å². The molecular weight excluding hydrogens is 556 g/mol. The molecule has 0 bridgehead atoms. The average molecular weight is 591 g/mol. The predicted octanol–water partition coefficient (Wildman–Crippen LogP) is 6.95. The third kappa shape index (κ3) is 6.78. The summed E-state index contributed by atoms with van der Waals surface area (Å²) in [6.45, 7) is 8.45. The van der Waals surface area contributed by atoms with E-state index in [4.69, 9.17) is 21.1 Å². The molecule has 1 atom stereocenters. The Hall–Kier alpha value is -2.56. The number of fused-ring (bicyclic) bond motifs is 1. The number of thioether (sulfide) groups is 1. The first-order valence-electron chi connectivity index (χ1n) is 13.2. The van der Waals surface area contributed by atoms with Crippen molar-refractivity contribution in [2.24, 2.45) is 0 Å². The standard InChI is InChI=1S/C28H35ClN4O4S2/c1-6-33-25(18(4)37-19-13-16(2)24(29)17(3)14-19)31-32-28(33)38-15-22(34)30-26-23(27(35)36-5)20-11-9-7-8-10-12-21(20)39-26/h13-14,18H,6-12,15H2,1-5H3,(H,30,34). The van der Waals surface area contributed by atoms with Gasteiger partial charge in [0, 0.05) is 16.4 Å². The summed E-state index contributed by atoms with van der Waals surface area (Å²) in [5.41, 5.74) is 3.44. The van der Waals surface area contributed by atoms with Gasteiger partial charge in [-0.3, -0.25) is 4.79 Å². The van der Waals surface area contributed by atoms with Crippen molar-refractivity contribution in [2.75, 3.05) is 18.2 Å². The maximum atomic E-state index is 13.0. The number of hydrogen-bond donors (Lipinski definition) is 1. The van der Waals surface area contributed by atoms with E-state index in [0.29, 0.717) is 33.8 Å². The summed E-state index contributed by atoms with van der Waals surface area (Å²) in [6, 6.07) is 3.82. The molecule has 0 aliphatic heterocycles. The Morgan fingerprint density at radius 1 is 1.15 bits per heavy atom.